The molecule has 0 aromatic heterocycles. The molecule has 1 aliphatic rings. The highest BCUT2D eigenvalue weighted by molar-refractivity contribution is 5.94. The maximum Gasteiger partial charge on any atom is 0.253 e. The summed E-state index contributed by atoms with van der Waals surface area (Å²) in [6, 6.07) is 7.03. The fourth-order valence-corrected chi connectivity index (χ4v) is 2.15. The average Bonchev–Trinajstić information content (AvgIpc) is 2.76. The number of carbonyl (C=O) groups excluding carboxylic acids is 1. The fraction of sp³-hybridized carbons (Fsp3) is 0.400. The zero-order valence-electron chi connectivity index (χ0n) is 11.1. The second-order valence-corrected chi connectivity index (χ2v) is 5.10. The van der Waals surface area contributed by atoms with Crippen LogP contribution >= 0.6 is 0 Å². The van der Waals surface area contributed by atoms with Crippen LogP contribution in [0.3, 0.4) is 0 Å². The number of β-amino-alcohol motifs (C(OH)–C–C–N with tert-alkyl or cyclic N) is 1. The molecule has 19 heavy (non-hydrogen) atoms. The van der Waals surface area contributed by atoms with Gasteiger partial charge in [0.1, 0.15) is 12.4 Å². The highest BCUT2D eigenvalue weighted by Gasteiger charge is 2.34. The molecule has 0 spiro atoms. The molecule has 1 N–H and O–H groups in total. The second kappa shape index (κ2) is 5.45. The minimum Gasteiger partial charge on any atom is -0.490 e. The van der Waals surface area contributed by atoms with Gasteiger partial charge in [-0.05, 0) is 37.6 Å². The van der Waals surface area contributed by atoms with Gasteiger partial charge in [0.05, 0.1) is 5.60 Å². The van der Waals surface area contributed by atoms with Crippen molar-refractivity contribution in [3.05, 3.63) is 42.5 Å². The summed E-state index contributed by atoms with van der Waals surface area (Å²) in [6.45, 7) is 6.77. The second-order valence-electron chi connectivity index (χ2n) is 5.10. The predicted molar refractivity (Wildman–Crippen MR) is 73.3 cm³/mol. The van der Waals surface area contributed by atoms with Crippen LogP contribution in [-0.4, -0.2) is 41.2 Å². The fourth-order valence-electron chi connectivity index (χ4n) is 2.15. The van der Waals surface area contributed by atoms with Crippen molar-refractivity contribution in [1.29, 1.82) is 0 Å². The van der Waals surface area contributed by atoms with Crippen LogP contribution in [0, 0.1) is 0 Å². The Kier molecular flexibility index (Phi) is 3.90. The molecule has 102 valence electrons. The maximum absolute atomic E-state index is 12.2. The third-order valence-corrected chi connectivity index (χ3v) is 3.21. The van der Waals surface area contributed by atoms with Gasteiger partial charge < -0.3 is 14.7 Å². The van der Waals surface area contributed by atoms with E-state index >= 15 is 0 Å². The number of benzene rings is 1. The van der Waals surface area contributed by atoms with Gasteiger partial charge in [0, 0.05) is 18.7 Å². The normalized spacial score (nSPS) is 22.3. The molecule has 1 unspecified atom stereocenters. The van der Waals surface area contributed by atoms with Crippen molar-refractivity contribution in [1.82, 2.24) is 4.90 Å². The predicted octanol–water partition coefficient (Wildman–Crippen LogP) is 1.85. The van der Waals surface area contributed by atoms with Gasteiger partial charge in [0.15, 0.2) is 0 Å². The molecule has 2 rings (SSSR count). The van der Waals surface area contributed by atoms with E-state index in [1.165, 1.54) is 0 Å². The lowest BCUT2D eigenvalue weighted by Gasteiger charge is -2.19. The van der Waals surface area contributed by atoms with Gasteiger partial charge in [0.2, 0.25) is 0 Å². The zero-order chi connectivity index (χ0) is 13.9. The standard InChI is InChI=1S/C15H19NO3/c1-3-10-19-13-6-4-12(5-7-13)14(17)16-9-8-15(2,18)11-16/h3-7,18H,1,8-11H2,2H3. The maximum atomic E-state index is 12.2. The van der Waals surface area contributed by atoms with Gasteiger partial charge in [-0.15, -0.1) is 0 Å². The van der Waals surface area contributed by atoms with Gasteiger partial charge in [-0.25, -0.2) is 0 Å². The molecule has 1 heterocycles. The lowest BCUT2D eigenvalue weighted by Crippen LogP contribution is -2.33. The van der Waals surface area contributed by atoms with E-state index in [0.717, 1.165) is 0 Å². The van der Waals surface area contributed by atoms with E-state index in [-0.39, 0.29) is 5.91 Å². The third kappa shape index (κ3) is 3.35. The SMILES string of the molecule is C=CCOc1ccc(C(=O)N2CCC(C)(O)C2)cc1. The van der Waals surface area contributed by atoms with Crippen LogP contribution in [0.1, 0.15) is 23.7 Å². The number of aliphatic hydroxyl groups is 1. The van der Waals surface area contributed by atoms with Gasteiger partial charge >= 0.3 is 0 Å². The molecule has 0 aliphatic carbocycles. The first-order valence-corrected chi connectivity index (χ1v) is 6.37. The summed E-state index contributed by atoms with van der Waals surface area (Å²) in [7, 11) is 0. The largest absolute Gasteiger partial charge is 0.490 e. The minimum atomic E-state index is -0.761. The van der Waals surface area contributed by atoms with Crippen LogP contribution in [0.15, 0.2) is 36.9 Å². The molecule has 4 heteroatoms. The molecule has 1 aromatic rings. The van der Waals surface area contributed by atoms with Crippen LogP contribution in [0.5, 0.6) is 5.75 Å². The number of hydrogen-bond acceptors (Lipinski definition) is 3. The topological polar surface area (TPSA) is 49.8 Å². The summed E-state index contributed by atoms with van der Waals surface area (Å²) in [5.74, 6) is 0.665. The van der Waals surface area contributed by atoms with Crippen LogP contribution in [-0.2, 0) is 0 Å². The first-order valence-electron chi connectivity index (χ1n) is 6.37. The van der Waals surface area contributed by atoms with Crippen LogP contribution in [0.25, 0.3) is 0 Å². The molecule has 1 aromatic carbocycles. The Labute approximate surface area is 113 Å². The van der Waals surface area contributed by atoms with Gasteiger partial charge in [0.25, 0.3) is 5.91 Å². The Hall–Kier alpha value is -1.81. The lowest BCUT2D eigenvalue weighted by molar-refractivity contribution is 0.0572. The first-order chi connectivity index (χ1) is 9.02. The van der Waals surface area contributed by atoms with E-state index in [1.54, 1.807) is 42.2 Å². The molecule has 1 amide bonds. The van der Waals surface area contributed by atoms with Crippen molar-refractivity contribution in [3.8, 4) is 5.75 Å². The molecule has 1 aliphatic heterocycles. The van der Waals surface area contributed by atoms with Crippen molar-refractivity contribution in [2.75, 3.05) is 19.7 Å². The van der Waals surface area contributed by atoms with Gasteiger partial charge in [-0.3, -0.25) is 4.79 Å². The summed E-state index contributed by atoms with van der Waals surface area (Å²) in [6.07, 6.45) is 2.30. The number of ether oxygens (including phenoxy) is 1. The number of carbonyl (C=O) groups is 1. The molecule has 0 saturated carbocycles. The van der Waals surface area contributed by atoms with Crippen molar-refractivity contribution in [2.45, 2.75) is 18.9 Å². The molecule has 1 atom stereocenters. The average molecular weight is 261 g/mol. The quantitative estimate of drug-likeness (QED) is 0.841. The van der Waals surface area contributed by atoms with Crippen molar-refractivity contribution >= 4 is 5.91 Å². The summed E-state index contributed by atoms with van der Waals surface area (Å²) in [4.78, 5) is 13.9. The Bertz CT molecular complexity index is 465. The molecule has 0 radical (unpaired) electrons. The van der Waals surface area contributed by atoms with Crippen LogP contribution in [0.4, 0.5) is 0 Å². The number of likely N-dealkylation sites (tertiary alicyclic amines) is 1. The third-order valence-electron chi connectivity index (χ3n) is 3.21. The summed E-state index contributed by atoms with van der Waals surface area (Å²) >= 11 is 0. The molecule has 1 fully saturated rings. The summed E-state index contributed by atoms with van der Waals surface area (Å²) in [5.41, 5.74) is -0.147. The van der Waals surface area contributed by atoms with E-state index in [0.29, 0.717) is 37.4 Å². The zero-order valence-corrected chi connectivity index (χ0v) is 11.1. The number of hydrogen-bond donors (Lipinski definition) is 1. The summed E-state index contributed by atoms with van der Waals surface area (Å²) < 4.78 is 5.37. The van der Waals surface area contributed by atoms with Gasteiger partial charge in [-0.2, -0.15) is 0 Å². The molecule has 4 nitrogen and oxygen atoms in total. The Morgan fingerprint density at radius 3 is 2.74 bits per heavy atom. The number of nitrogens with zero attached hydrogens (tertiary/aromatic N) is 1. The highest BCUT2D eigenvalue weighted by atomic mass is 16.5. The minimum absolute atomic E-state index is 0.0481. The smallest absolute Gasteiger partial charge is 0.253 e. The highest BCUT2D eigenvalue weighted by Crippen LogP contribution is 2.22. The van der Waals surface area contributed by atoms with E-state index in [4.69, 9.17) is 4.74 Å². The van der Waals surface area contributed by atoms with Crippen LogP contribution in [0.2, 0.25) is 0 Å². The Morgan fingerprint density at radius 1 is 1.53 bits per heavy atom. The summed E-state index contributed by atoms with van der Waals surface area (Å²) in [5, 5.41) is 9.88. The Balaban J connectivity index is 2.02. The number of amides is 1. The van der Waals surface area contributed by atoms with Crippen molar-refractivity contribution < 1.29 is 14.6 Å². The lowest BCUT2D eigenvalue weighted by atomic mass is 10.1. The molecular weight excluding hydrogens is 242 g/mol. The van der Waals surface area contributed by atoms with E-state index in [1.807, 2.05) is 0 Å². The monoisotopic (exact) mass is 261 g/mol. The van der Waals surface area contributed by atoms with Crippen LogP contribution < -0.4 is 4.74 Å². The van der Waals surface area contributed by atoms with E-state index in [9.17, 15) is 9.90 Å². The van der Waals surface area contributed by atoms with E-state index < -0.39 is 5.60 Å². The van der Waals surface area contributed by atoms with Crippen molar-refractivity contribution in [3.63, 3.8) is 0 Å². The van der Waals surface area contributed by atoms with Crippen molar-refractivity contribution in [2.24, 2.45) is 0 Å². The molecular formula is C15H19NO3. The number of rotatable bonds is 4. The Morgan fingerprint density at radius 2 is 2.21 bits per heavy atom. The first kappa shape index (κ1) is 13.6. The molecule has 0 bridgehead atoms. The van der Waals surface area contributed by atoms with E-state index in [2.05, 4.69) is 6.58 Å². The van der Waals surface area contributed by atoms with Gasteiger partial charge in [-0.1, -0.05) is 12.7 Å². The molecule has 1 saturated heterocycles.